The molecule has 0 radical (unpaired) electrons. The van der Waals surface area contributed by atoms with Crippen molar-refractivity contribution in [3.8, 4) is 5.69 Å². The number of hydrogen-bond donors (Lipinski definition) is 1. The van der Waals surface area contributed by atoms with E-state index < -0.39 is 0 Å². The van der Waals surface area contributed by atoms with Gasteiger partial charge < -0.3 is 4.98 Å². The summed E-state index contributed by atoms with van der Waals surface area (Å²) >= 11 is 2.77. The van der Waals surface area contributed by atoms with Crippen LogP contribution < -0.4 is 11.1 Å². The predicted molar refractivity (Wildman–Crippen MR) is 131 cm³/mol. The van der Waals surface area contributed by atoms with Crippen molar-refractivity contribution in [3.63, 3.8) is 0 Å². The Morgan fingerprint density at radius 2 is 1.85 bits per heavy atom. The lowest BCUT2D eigenvalue weighted by Gasteiger charge is -2.11. The van der Waals surface area contributed by atoms with Crippen LogP contribution in [0.5, 0.6) is 0 Å². The van der Waals surface area contributed by atoms with Crippen molar-refractivity contribution < 1.29 is 0 Å². The fraction of sp³-hybridized carbons (Fsp3) is 0.0870. The molecule has 0 spiro atoms. The zero-order valence-electron chi connectivity index (χ0n) is 17.3. The second-order valence-corrected chi connectivity index (χ2v) is 9.41. The Hall–Kier alpha value is -3.76. The molecule has 10 heteroatoms. The van der Waals surface area contributed by atoms with E-state index in [0.29, 0.717) is 38.1 Å². The summed E-state index contributed by atoms with van der Waals surface area (Å²) in [6, 6.07) is 17.0. The van der Waals surface area contributed by atoms with E-state index in [1.54, 1.807) is 10.6 Å². The molecule has 0 fully saturated rings. The summed E-state index contributed by atoms with van der Waals surface area (Å²) in [4.78, 5) is 33.1. The molecule has 4 heterocycles. The van der Waals surface area contributed by atoms with Gasteiger partial charge in [0.1, 0.15) is 10.5 Å². The van der Waals surface area contributed by atoms with Crippen LogP contribution in [-0.4, -0.2) is 29.1 Å². The first kappa shape index (κ1) is 19.9. The molecule has 0 saturated heterocycles. The highest BCUT2D eigenvalue weighted by Gasteiger charge is 2.18. The highest BCUT2D eigenvalue weighted by atomic mass is 32.2. The van der Waals surface area contributed by atoms with Gasteiger partial charge in [-0.3, -0.25) is 14.0 Å². The summed E-state index contributed by atoms with van der Waals surface area (Å²) < 4.78 is 4.07. The normalized spacial score (nSPS) is 11.7. The van der Waals surface area contributed by atoms with Gasteiger partial charge in [-0.15, -0.1) is 21.5 Å². The molecule has 33 heavy (non-hydrogen) atoms. The third kappa shape index (κ3) is 3.26. The number of aromatic nitrogens is 6. The molecular formula is C23H16N6O2S2. The molecule has 8 nitrogen and oxygen atoms in total. The molecule has 0 aliphatic heterocycles. The van der Waals surface area contributed by atoms with Crippen molar-refractivity contribution in [2.75, 3.05) is 0 Å². The monoisotopic (exact) mass is 472 g/mol. The zero-order chi connectivity index (χ0) is 22.5. The van der Waals surface area contributed by atoms with E-state index in [4.69, 9.17) is 0 Å². The largest absolute Gasteiger partial charge is 0.309 e. The molecular weight excluding hydrogens is 456 g/mol. The van der Waals surface area contributed by atoms with Crippen molar-refractivity contribution in [1.29, 1.82) is 0 Å². The number of thiophene rings is 1. The van der Waals surface area contributed by atoms with Crippen LogP contribution in [0.3, 0.4) is 0 Å². The average Bonchev–Trinajstić information content (AvgIpc) is 3.47. The number of benzene rings is 2. The molecule has 162 valence electrons. The van der Waals surface area contributed by atoms with Gasteiger partial charge in [0.25, 0.3) is 11.1 Å². The molecule has 0 aliphatic carbocycles. The van der Waals surface area contributed by atoms with Gasteiger partial charge in [-0.25, -0.2) is 9.55 Å². The first-order valence-electron chi connectivity index (χ1n) is 10.2. The fourth-order valence-electron chi connectivity index (χ4n) is 3.82. The highest BCUT2D eigenvalue weighted by Crippen LogP contribution is 2.25. The lowest BCUT2D eigenvalue weighted by molar-refractivity contribution is 0.926. The third-order valence-electron chi connectivity index (χ3n) is 5.39. The van der Waals surface area contributed by atoms with Gasteiger partial charge in [0.2, 0.25) is 5.78 Å². The SMILES string of the molecule is Cc1ccc(-n2c(=O)c3ccccc3n3c(SCc4nc5ccsc5c(=O)[nH]4)nnc23)cc1. The highest BCUT2D eigenvalue weighted by molar-refractivity contribution is 7.98. The molecule has 6 aromatic rings. The molecule has 4 aromatic heterocycles. The van der Waals surface area contributed by atoms with Crippen molar-refractivity contribution in [1.82, 2.24) is 29.1 Å². The van der Waals surface area contributed by atoms with Crippen LogP contribution >= 0.6 is 23.1 Å². The molecule has 0 unspecified atom stereocenters. The topological polar surface area (TPSA) is 97.9 Å². The summed E-state index contributed by atoms with van der Waals surface area (Å²) in [7, 11) is 0. The zero-order valence-corrected chi connectivity index (χ0v) is 19.0. The van der Waals surface area contributed by atoms with Crippen molar-refractivity contribution in [3.05, 3.63) is 92.1 Å². The molecule has 2 aromatic carbocycles. The first-order valence-corrected chi connectivity index (χ1v) is 12.0. The summed E-state index contributed by atoms with van der Waals surface area (Å²) in [6.45, 7) is 2.00. The maximum Gasteiger partial charge on any atom is 0.268 e. The average molecular weight is 473 g/mol. The Morgan fingerprint density at radius 1 is 1.03 bits per heavy atom. The van der Waals surface area contributed by atoms with Gasteiger partial charge in [0, 0.05) is 0 Å². The van der Waals surface area contributed by atoms with Crippen molar-refractivity contribution in [2.45, 2.75) is 17.8 Å². The number of thioether (sulfide) groups is 1. The molecule has 6 rings (SSSR count). The van der Waals surface area contributed by atoms with E-state index in [2.05, 4.69) is 20.2 Å². The Morgan fingerprint density at radius 3 is 2.70 bits per heavy atom. The second kappa shape index (κ2) is 7.68. The predicted octanol–water partition coefficient (Wildman–Crippen LogP) is 3.93. The molecule has 1 N–H and O–H groups in total. The van der Waals surface area contributed by atoms with Gasteiger partial charge in [0.05, 0.1) is 27.9 Å². The fourth-order valence-corrected chi connectivity index (χ4v) is 5.36. The smallest absolute Gasteiger partial charge is 0.268 e. The van der Waals surface area contributed by atoms with Crippen LogP contribution in [0.25, 0.3) is 32.6 Å². The molecule has 0 amide bonds. The Labute approximate surface area is 194 Å². The minimum absolute atomic E-state index is 0.143. The van der Waals surface area contributed by atoms with Crippen LogP contribution in [0.2, 0.25) is 0 Å². The summed E-state index contributed by atoms with van der Waals surface area (Å²) in [5, 5.41) is 11.8. The van der Waals surface area contributed by atoms with E-state index in [1.165, 1.54) is 23.1 Å². The Balaban J connectivity index is 1.51. The number of para-hydroxylation sites is 1. The summed E-state index contributed by atoms with van der Waals surface area (Å²) in [5.74, 6) is 1.39. The van der Waals surface area contributed by atoms with Gasteiger partial charge in [-0.2, -0.15) is 0 Å². The number of nitrogens with one attached hydrogen (secondary N) is 1. The minimum Gasteiger partial charge on any atom is -0.309 e. The quantitative estimate of drug-likeness (QED) is 0.391. The Bertz CT molecular complexity index is 1780. The number of aromatic amines is 1. The number of rotatable bonds is 4. The van der Waals surface area contributed by atoms with E-state index >= 15 is 0 Å². The first-order chi connectivity index (χ1) is 16.1. The summed E-state index contributed by atoms with van der Waals surface area (Å²) in [5.41, 5.74) is 2.94. The van der Waals surface area contributed by atoms with Gasteiger partial charge in [-0.05, 0) is 42.6 Å². The number of fused-ring (bicyclic) bond motifs is 4. The van der Waals surface area contributed by atoms with Crippen LogP contribution in [0.1, 0.15) is 11.4 Å². The van der Waals surface area contributed by atoms with Crippen LogP contribution in [0.4, 0.5) is 0 Å². The minimum atomic E-state index is -0.153. The Kier molecular flexibility index (Phi) is 4.63. The number of aryl methyl sites for hydroxylation is 1. The van der Waals surface area contributed by atoms with Gasteiger partial charge in [-0.1, -0.05) is 41.6 Å². The second-order valence-electron chi connectivity index (χ2n) is 7.55. The van der Waals surface area contributed by atoms with Crippen LogP contribution in [0, 0.1) is 6.92 Å². The van der Waals surface area contributed by atoms with Gasteiger partial charge in [0.15, 0.2) is 5.16 Å². The molecule has 0 bridgehead atoms. The van der Waals surface area contributed by atoms with E-state index in [-0.39, 0.29) is 11.1 Å². The van der Waals surface area contributed by atoms with E-state index in [1.807, 2.05) is 65.2 Å². The molecule has 0 saturated carbocycles. The molecule has 0 aliphatic rings. The number of H-pyrrole nitrogens is 1. The standard InChI is InChI=1S/C23H16N6O2S2/c1-13-6-8-14(9-7-13)28-21(31)15-4-2-3-5-17(15)29-22(28)26-27-23(29)33-12-18-24-16-10-11-32-19(16)20(30)25-18/h2-11H,12H2,1H3,(H,24,25,30). The maximum absolute atomic E-state index is 13.4. The summed E-state index contributed by atoms with van der Waals surface area (Å²) in [6.07, 6.45) is 0. The van der Waals surface area contributed by atoms with Crippen LogP contribution in [-0.2, 0) is 5.75 Å². The van der Waals surface area contributed by atoms with Crippen molar-refractivity contribution in [2.24, 2.45) is 0 Å². The maximum atomic E-state index is 13.4. The van der Waals surface area contributed by atoms with E-state index in [0.717, 1.165) is 16.8 Å². The van der Waals surface area contributed by atoms with Crippen molar-refractivity contribution >= 4 is 50.0 Å². The lowest BCUT2D eigenvalue weighted by atomic mass is 10.2. The van der Waals surface area contributed by atoms with Crippen LogP contribution in [0.15, 0.2) is 74.7 Å². The molecule has 0 atom stereocenters. The third-order valence-corrected chi connectivity index (χ3v) is 7.23. The van der Waals surface area contributed by atoms with E-state index in [9.17, 15) is 9.59 Å². The number of nitrogens with zero attached hydrogens (tertiary/aromatic N) is 5. The van der Waals surface area contributed by atoms with Gasteiger partial charge >= 0.3 is 0 Å². The lowest BCUT2D eigenvalue weighted by Crippen LogP contribution is -2.21. The number of hydrogen-bond acceptors (Lipinski definition) is 7.